The summed E-state index contributed by atoms with van der Waals surface area (Å²) in [6.07, 6.45) is 6.92. The number of likely N-dealkylation sites (N-methyl/N-ethyl adjacent to an activating group) is 2. The van der Waals surface area contributed by atoms with E-state index in [9.17, 15) is 17.6 Å². The van der Waals surface area contributed by atoms with Crippen LogP contribution in [0.15, 0.2) is 28.6 Å². The SMILES string of the molecule is CN1CCC[C@H]1C(=O)N(C)[C@H]1CCCCC1Nc1cc(F)c(S(=O)(=O)Nc2nccs2)cc1Cl. The van der Waals surface area contributed by atoms with Gasteiger partial charge in [-0.25, -0.2) is 17.8 Å². The molecule has 1 saturated heterocycles. The first-order chi connectivity index (χ1) is 16.2. The van der Waals surface area contributed by atoms with E-state index in [1.54, 1.807) is 5.38 Å². The van der Waals surface area contributed by atoms with E-state index in [2.05, 4.69) is 19.9 Å². The van der Waals surface area contributed by atoms with E-state index >= 15 is 0 Å². The maximum Gasteiger partial charge on any atom is 0.266 e. The molecule has 1 saturated carbocycles. The van der Waals surface area contributed by atoms with Gasteiger partial charge in [0.25, 0.3) is 10.0 Å². The highest BCUT2D eigenvalue weighted by molar-refractivity contribution is 7.93. The average molecular weight is 530 g/mol. The molecule has 1 aromatic carbocycles. The Morgan fingerprint density at radius 3 is 2.71 bits per heavy atom. The van der Waals surface area contributed by atoms with Crippen molar-refractivity contribution in [3.8, 4) is 0 Å². The van der Waals surface area contributed by atoms with Gasteiger partial charge in [-0.3, -0.25) is 14.4 Å². The van der Waals surface area contributed by atoms with E-state index < -0.39 is 20.7 Å². The first kappa shape index (κ1) is 25.2. The third-order valence-electron chi connectivity index (χ3n) is 6.69. The number of anilines is 2. The van der Waals surface area contributed by atoms with E-state index in [0.29, 0.717) is 5.69 Å². The molecule has 0 radical (unpaired) electrons. The lowest BCUT2D eigenvalue weighted by Gasteiger charge is -2.40. The molecule has 3 atom stereocenters. The second-order valence-corrected chi connectivity index (χ2v) is 11.8. The Kier molecular flexibility index (Phi) is 7.66. The third kappa shape index (κ3) is 5.32. The largest absolute Gasteiger partial charge is 0.379 e. The van der Waals surface area contributed by atoms with Crippen molar-refractivity contribution >= 4 is 49.7 Å². The fourth-order valence-corrected chi connectivity index (χ4v) is 7.01. The smallest absolute Gasteiger partial charge is 0.266 e. The molecule has 1 aliphatic heterocycles. The summed E-state index contributed by atoms with van der Waals surface area (Å²) in [6, 6.07) is 1.92. The summed E-state index contributed by atoms with van der Waals surface area (Å²) in [7, 11) is -0.375. The summed E-state index contributed by atoms with van der Waals surface area (Å²) < 4.78 is 42.5. The number of nitrogens with zero attached hydrogens (tertiary/aromatic N) is 3. The molecular weight excluding hydrogens is 501 g/mol. The number of aromatic nitrogens is 1. The molecule has 2 aliphatic rings. The number of carbonyl (C=O) groups is 1. The zero-order valence-corrected chi connectivity index (χ0v) is 21.5. The van der Waals surface area contributed by atoms with Gasteiger partial charge in [0.2, 0.25) is 5.91 Å². The highest BCUT2D eigenvalue weighted by Crippen LogP contribution is 2.33. The van der Waals surface area contributed by atoms with Crippen LogP contribution >= 0.6 is 22.9 Å². The molecule has 2 fully saturated rings. The Bertz CT molecular complexity index is 1130. The molecule has 1 unspecified atom stereocenters. The summed E-state index contributed by atoms with van der Waals surface area (Å²) in [5, 5.41) is 5.14. The number of thiazole rings is 1. The van der Waals surface area contributed by atoms with Crippen LogP contribution in [-0.2, 0) is 14.8 Å². The molecule has 2 N–H and O–H groups in total. The van der Waals surface area contributed by atoms with Crippen molar-refractivity contribution < 1.29 is 17.6 Å². The summed E-state index contributed by atoms with van der Waals surface area (Å²) in [6.45, 7) is 0.915. The van der Waals surface area contributed by atoms with Gasteiger partial charge in [0.1, 0.15) is 10.7 Å². The second-order valence-electron chi connectivity index (χ2n) is 8.90. The molecule has 8 nitrogen and oxygen atoms in total. The van der Waals surface area contributed by atoms with Crippen LogP contribution in [0.5, 0.6) is 0 Å². The van der Waals surface area contributed by atoms with Crippen molar-refractivity contribution in [2.24, 2.45) is 0 Å². The Hall–Kier alpha value is -1.95. The third-order valence-corrected chi connectivity index (χ3v) is 9.17. The topological polar surface area (TPSA) is 94.6 Å². The monoisotopic (exact) mass is 529 g/mol. The van der Waals surface area contributed by atoms with Gasteiger partial charge in [-0.05, 0) is 51.4 Å². The Morgan fingerprint density at radius 2 is 2.03 bits per heavy atom. The number of hydrogen-bond donors (Lipinski definition) is 2. The van der Waals surface area contributed by atoms with E-state index in [1.165, 1.54) is 6.20 Å². The lowest BCUT2D eigenvalue weighted by atomic mass is 9.88. The summed E-state index contributed by atoms with van der Waals surface area (Å²) >= 11 is 7.49. The first-order valence-electron chi connectivity index (χ1n) is 11.3. The van der Waals surface area contributed by atoms with E-state index in [-0.39, 0.29) is 34.2 Å². The molecule has 12 heteroatoms. The first-order valence-corrected chi connectivity index (χ1v) is 14.1. The predicted molar refractivity (Wildman–Crippen MR) is 132 cm³/mol. The lowest BCUT2D eigenvalue weighted by molar-refractivity contribution is -0.137. The number of rotatable bonds is 7. The van der Waals surface area contributed by atoms with Crippen LogP contribution in [0.1, 0.15) is 38.5 Å². The van der Waals surface area contributed by atoms with Crippen molar-refractivity contribution in [1.82, 2.24) is 14.8 Å². The number of halogens is 2. The van der Waals surface area contributed by atoms with Crippen LogP contribution in [0.25, 0.3) is 0 Å². The number of sulfonamides is 1. The van der Waals surface area contributed by atoms with Gasteiger partial charge in [0, 0.05) is 24.7 Å². The number of nitrogens with one attached hydrogen (secondary N) is 2. The van der Waals surface area contributed by atoms with E-state index in [1.807, 2.05) is 19.0 Å². The maximum atomic E-state index is 14.9. The Morgan fingerprint density at radius 1 is 1.26 bits per heavy atom. The van der Waals surface area contributed by atoms with E-state index in [0.717, 1.165) is 68.5 Å². The predicted octanol–water partition coefficient (Wildman–Crippen LogP) is 4.01. The highest BCUT2D eigenvalue weighted by Gasteiger charge is 2.37. The van der Waals surface area contributed by atoms with Gasteiger partial charge in [0.05, 0.1) is 22.8 Å². The summed E-state index contributed by atoms with van der Waals surface area (Å²) in [5.74, 6) is -0.814. The number of hydrogen-bond acceptors (Lipinski definition) is 7. The fraction of sp³-hybridized carbons (Fsp3) is 0.545. The fourth-order valence-electron chi connectivity index (χ4n) is 4.85. The van der Waals surface area contributed by atoms with Crippen LogP contribution in [0.3, 0.4) is 0 Å². The number of likely N-dealkylation sites (tertiary alicyclic amines) is 1. The minimum atomic E-state index is -4.18. The van der Waals surface area contributed by atoms with Crippen LogP contribution in [0, 0.1) is 5.82 Å². The van der Waals surface area contributed by atoms with Gasteiger partial charge in [-0.2, -0.15) is 0 Å². The number of amides is 1. The molecule has 1 aromatic heterocycles. The summed E-state index contributed by atoms with van der Waals surface area (Å²) in [4.78, 5) is 20.4. The van der Waals surface area contributed by atoms with Gasteiger partial charge in [-0.1, -0.05) is 24.4 Å². The summed E-state index contributed by atoms with van der Waals surface area (Å²) in [5.41, 5.74) is 0.308. The van der Waals surface area contributed by atoms with Gasteiger partial charge in [0.15, 0.2) is 5.13 Å². The van der Waals surface area contributed by atoms with Crippen LogP contribution in [0.2, 0.25) is 5.02 Å². The number of carbonyl (C=O) groups excluding carboxylic acids is 1. The van der Waals surface area contributed by atoms with Crippen molar-refractivity contribution in [2.45, 2.75) is 61.5 Å². The minimum Gasteiger partial charge on any atom is -0.379 e. The van der Waals surface area contributed by atoms with Gasteiger partial charge < -0.3 is 10.2 Å². The quantitative estimate of drug-likeness (QED) is 0.563. The molecule has 1 amide bonds. The molecule has 2 aromatic rings. The maximum absolute atomic E-state index is 14.9. The average Bonchev–Trinajstić information content (AvgIpc) is 3.46. The molecule has 1 aliphatic carbocycles. The zero-order valence-electron chi connectivity index (χ0n) is 19.1. The van der Waals surface area contributed by atoms with Crippen LogP contribution in [-0.4, -0.2) is 67.9 Å². The Labute approximate surface area is 208 Å². The minimum absolute atomic E-state index is 0.0654. The lowest BCUT2D eigenvalue weighted by Crippen LogP contribution is -2.53. The van der Waals surface area contributed by atoms with Crippen molar-refractivity contribution in [3.05, 3.63) is 34.5 Å². The van der Waals surface area contributed by atoms with E-state index in [4.69, 9.17) is 11.6 Å². The van der Waals surface area contributed by atoms with Gasteiger partial charge >= 0.3 is 0 Å². The highest BCUT2D eigenvalue weighted by atomic mass is 35.5. The molecule has 2 heterocycles. The van der Waals surface area contributed by atoms with Gasteiger partial charge in [-0.15, -0.1) is 11.3 Å². The second kappa shape index (κ2) is 10.3. The molecule has 0 bridgehead atoms. The number of benzene rings is 1. The zero-order chi connectivity index (χ0) is 24.5. The Balaban J connectivity index is 1.52. The molecular formula is C22H29ClFN5O3S2. The van der Waals surface area contributed by atoms with Crippen molar-refractivity contribution in [2.75, 3.05) is 30.7 Å². The normalized spacial score (nSPS) is 23.6. The molecule has 4 rings (SSSR count). The van der Waals surface area contributed by atoms with Crippen LogP contribution in [0.4, 0.5) is 15.2 Å². The molecule has 34 heavy (non-hydrogen) atoms. The van der Waals surface area contributed by atoms with Crippen molar-refractivity contribution in [3.63, 3.8) is 0 Å². The van der Waals surface area contributed by atoms with Crippen molar-refractivity contribution in [1.29, 1.82) is 0 Å². The molecule has 0 spiro atoms. The molecule has 186 valence electrons. The van der Waals surface area contributed by atoms with Crippen LogP contribution < -0.4 is 10.0 Å². The standard InChI is InChI=1S/C22H29ClFN5O3S2/c1-28-10-5-8-19(28)21(30)29(2)18-7-4-3-6-16(18)26-17-13-15(24)20(12-14(17)23)34(31,32)27-22-25-9-11-33-22/h9,11-13,16,18-19,26H,3-8,10H2,1-2H3,(H,25,27)/t16?,18-,19-/m0/s1.